The molecular formula is C18H56O10Si9. The lowest BCUT2D eigenvalue weighted by Gasteiger charge is -2.44. The molecule has 0 aliphatic carbocycles. The lowest BCUT2D eigenvalue weighted by atomic mass is 11.9. The molecule has 0 aliphatic heterocycles. The van der Waals surface area contributed by atoms with Crippen molar-refractivity contribution in [2.24, 2.45) is 0 Å². The average Bonchev–Trinajstić information content (AvgIpc) is 2.29. The Morgan fingerprint density at radius 1 is 0.243 bits per heavy atom. The first-order valence-electron chi connectivity index (χ1n) is 12.7. The molecule has 0 fully saturated rings. The molecule has 0 amide bonds. The smallest absolute Gasteiger partial charge is 0.320 e. The molecule has 0 aromatic heterocycles. The maximum absolute atomic E-state index is 10.2. The molecule has 19 heteroatoms. The highest BCUT2D eigenvalue weighted by atomic mass is 28.5. The maximum Gasteiger partial charge on any atom is 0.320 e. The first-order valence-corrected chi connectivity index (χ1v) is 38.1. The van der Waals surface area contributed by atoms with Crippen molar-refractivity contribution in [3.05, 3.63) is 0 Å². The van der Waals surface area contributed by atoms with Crippen molar-refractivity contribution in [1.82, 2.24) is 0 Å². The van der Waals surface area contributed by atoms with Crippen molar-refractivity contribution in [2.45, 2.75) is 118 Å². The van der Waals surface area contributed by atoms with Crippen molar-refractivity contribution in [3.63, 3.8) is 0 Å². The molecule has 224 valence electrons. The Morgan fingerprint density at radius 3 is 0.459 bits per heavy atom. The van der Waals surface area contributed by atoms with Crippen LogP contribution in [0, 0.1) is 0 Å². The maximum atomic E-state index is 10.2. The van der Waals surface area contributed by atoms with E-state index in [0.29, 0.717) is 0 Å². The topological polar surface area (TPSA) is 114 Å². The van der Waals surface area contributed by atoms with Gasteiger partial charge in [0, 0.05) is 0 Å². The second kappa shape index (κ2) is 12.4. The first kappa shape index (κ1) is 38.6. The van der Waals surface area contributed by atoms with Crippen LogP contribution in [0.4, 0.5) is 0 Å². The predicted molar refractivity (Wildman–Crippen MR) is 170 cm³/mol. The quantitative estimate of drug-likeness (QED) is 0.204. The van der Waals surface area contributed by atoms with Gasteiger partial charge in [-0.3, -0.25) is 0 Å². The number of rotatable bonds is 16. The molecule has 0 heterocycles. The standard InChI is InChI=1S/C18H56O10Si9/c1-29(2,19)21-31(5,6)23-33(9,10)25-35(13,14)27-37(17,18)28-36(15,16)26-34(11,12)24-32(7,8)22-30(3,4)20/h19-20H,1-18H3. The molecule has 0 aliphatic rings. The zero-order chi connectivity index (χ0) is 30.2. The normalized spacial score (nSPS) is 15.9. The van der Waals surface area contributed by atoms with Gasteiger partial charge in [0.1, 0.15) is 0 Å². The van der Waals surface area contributed by atoms with Gasteiger partial charge in [-0.2, -0.15) is 0 Å². The predicted octanol–water partition coefficient (Wildman–Crippen LogP) is 5.42. The second-order valence-corrected chi connectivity index (χ2v) is 45.4. The largest absolute Gasteiger partial charge is 0.416 e. The van der Waals surface area contributed by atoms with E-state index in [0.717, 1.165) is 0 Å². The Kier molecular flexibility index (Phi) is 12.9. The summed E-state index contributed by atoms with van der Waals surface area (Å²) in [7, 11) is -23.8. The van der Waals surface area contributed by atoms with E-state index in [1.54, 1.807) is 26.2 Å². The van der Waals surface area contributed by atoms with Crippen LogP contribution in [0.1, 0.15) is 0 Å². The van der Waals surface area contributed by atoms with Gasteiger partial charge in [0.2, 0.25) is 0 Å². The van der Waals surface area contributed by atoms with Gasteiger partial charge in [0.25, 0.3) is 0 Å². The van der Waals surface area contributed by atoms with E-state index in [9.17, 15) is 9.59 Å². The Balaban J connectivity index is 5.36. The summed E-state index contributed by atoms with van der Waals surface area (Å²) in [5, 5.41) is 0. The van der Waals surface area contributed by atoms with Crippen molar-refractivity contribution >= 4 is 77.0 Å². The van der Waals surface area contributed by atoms with Gasteiger partial charge in [0.15, 0.2) is 0 Å². The fourth-order valence-electron chi connectivity index (χ4n) is 4.90. The van der Waals surface area contributed by atoms with Crippen LogP contribution in [0.3, 0.4) is 0 Å². The van der Waals surface area contributed by atoms with E-state index < -0.39 is 77.0 Å². The Labute approximate surface area is 236 Å². The molecule has 0 unspecified atom stereocenters. The third kappa shape index (κ3) is 19.3. The molecule has 0 bridgehead atoms. The van der Waals surface area contributed by atoms with Gasteiger partial charge in [-0.15, -0.1) is 0 Å². The van der Waals surface area contributed by atoms with Crippen molar-refractivity contribution in [2.75, 3.05) is 0 Å². The highest BCUT2D eigenvalue weighted by Crippen LogP contribution is 2.29. The van der Waals surface area contributed by atoms with Gasteiger partial charge in [0.05, 0.1) is 0 Å². The summed E-state index contributed by atoms with van der Waals surface area (Å²) in [6.07, 6.45) is 0. The van der Waals surface area contributed by atoms with Crippen LogP contribution in [0.5, 0.6) is 0 Å². The summed E-state index contributed by atoms with van der Waals surface area (Å²) in [4.78, 5) is 20.5. The van der Waals surface area contributed by atoms with Crippen LogP contribution >= 0.6 is 0 Å². The molecule has 0 saturated heterocycles. The third-order valence-corrected chi connectivity index (χ3v) is 35.5. The van der Waals surface area contributed by atoms with Crippen LogP contribution in [0.15, 0.2) is 0 Å². The molecular weight excluding hydrogens is 629 g/mol. The van der Waals surface area contributed by atoms with Crippen LogP contribution in [-0.2, 0) is 32.9 Å². The Bertz CT molecular complexity index is 687. The SMILES string of the molecule is C[Si](C)(O)O[Si](C)(C)O[Si](C)(C)O[Si](C)(C)O[Si](C)(C)O[Si](C)(C)O[Si](C)(C)O[Si](C)(C)O[Si](C)(C)O. The van der Waals surface area contributed by atoms with E-state index in [1.807, 2.05) is 91.7 Å². The minimum atomic E-state index is -2.72. The minimum absolute atomic E-state index is 1.74. The van der Waals surface area contributed by atoms with Crippen molar-refractivity contribution in [1.29, 1.82) is 0 Å². The van der Waals surface area contributed by atoms with E-state index in [-0.39, 0.29) is 0 Å². The lowest BCUT2D eigenvalue weighted by molar-refractivity contribution is 0.254. The molecule has 2 N–H and O–H groups in total. The lowest BCUT2D eigenvalue weighted by Crippen LogP contribution is -2.62. The fourth-order valence-corrected chi connectivity index (χ4v) is 46.7. The molecule has 0 atom stereocenters. The van der Waals surface area contributed by atoms with E-state index >= 15 is 0 Å². The Hall–Kier alpha value is 1.55. The zero-order valence-corrected chi connectivity index (χ0v) is 35.7. The molecule has 0 aromatic carbocycles. The second-order valence-electron chi connectivity index (χ2n) is 13.5. The van der Waals surface area contributed by atoms with Crippen molar-refractivity contribution < 1.29 is 42.5 Å². The highest BCUT2D eigenvalue weighted by molar-refractivity contribution is 6.92. The fraction of sp³-hybridized carbons (Fsp3) is 1.00. The summed E-state index contributed by atoms with van der Waals surface area (Å²) in [5.74, 6) is 0. The molecule has 0 radical (unpaired) electrons. The van der Waals surface area contributed by atoms with Crippen LogP contribution in [-0.4, -0.2) is 86.6 Å². The number of hydrogen-bond donors (Lipinski definition) is 2. The van der Waals surface area contributed by atoms with Gasteiger partial charge >= 0.3 is 77.0 Å². The molecule has 0 spiro atoms. The minimum Gasteiger partial charge on any atom is -0.416 e. The summed E-state index contributed by atoms with van der Waals surface area (Å²) in [6.45, 7) is 34.7. The Morgan fingerprint density at radius 2 is 0.351 bits per heavy atom. The summed E-state index contributed by atoms with van der Waals surface area (Å²) < 4.78 is 50.9. The summed E-state index contributed by atoms with van der Waals surface area (Å²) in [6, 6.07) is 0. The first-order chi connectivity index (χ1) is 15.7. The van der Waals surface area contributed by atoms with E-state index in [2.05, 4.69) is 0 Å². The van der Waals surface area contributed by atoms with Crippen LogP contribution in [0.25, 0.3) is 0 Å². The highest BCUT2D eigenvalue weighted by Gasteiger charge is 2.49. The zero-order valence-electron chi connectivity index (χ0n) is 26.7. The molecule has 10 nitrogen and oxygen atoms in total. The molecule has 0 saturated carbocycles. The van der Waals surface area contributed by atoms with Crippen LogP contribution in [0.2, 0.25) is 118 Å². The monoisotopic (exact) mass is 684 g/mol. The molecule has 37 heavy (non-hydrogen) atoms. The summed E-state index contributed by atoms with van der Waals surface area (Å²) in [5.41, 5.74) is 0. The van der Waals surface area contributed by atoms with Gasteiger partial charge in [-0.1, -0.05) is 0 Å². The molecule has 0 rings (SSSR count). The van der Waals surface area contributed by atoms with E-state index in [4.69, 9.17) is 32.9 Å². The van der Waals surface area contributed by atoms with Gasteiger partial charge in [-0.25, -0.2) is 0 Å². The number of hydrogen-bond acceptors (Lipinski definition) is 10. The van der Waals surface area contributed by atoms with Gasteiger partial charge < -0.3 is 42.5 Å². The van der Waals surface area contributed by atoms with Crippen LogP contribution < -0.4 is 0 Å². The van der Waals surface area contributed by atoms with Crippen molar-refractivity contribution in [3.8, 4) is 0 Å². The van der Waals surface area contributed by atoms with E-state index in [1.165, 1.54) is 0 Å². The average molecular weight is 685 g/mol. The summed E-state index contributed by atoms with van der Waals surface area (Å²) >= 11 is 0. The molecule has 0 aromatic rings. The third-order valence-electron chi connectivity index (χ3n) is 3.94. The van der Waals surface area contributed by atoms with Gasteiger partial charge in [-0.05, 0) is 118 Å².